The van der Waals surface area contributed by atoms with Crippen LogP contribution < -0.4 is 9.47 Å². The molecule has 2 atom stereocenters. The summed E-state index contributed by atoms with van der Waals surface area (Å²) in [7, 11) is 1.61. The molecule has 7 heteroatoms. The van der Waals surface area contributed by atoms with Crippen molar-refractivity contribution in [3.63, 3.8) is 0 Å². The summed E-state index contributed by atoms with van der Waals surface area (Å²) in [6.07, 6.45) is 3.02. The molecule has 1 aliphatic rings. The SMILES string of the molecule is CCCCOc1cc(C2COC(=O)C(Cc3ccc(C)c([N+](=O)[O-])c3)C2)ccc1OC. The number of nitro benzene ring substituents is 1. The molecular weight excluding hydrogens is 398 g/mol. The summed E-state index contributed by atoms with van der Waals surface area (Å²) in [6.45, 7) is 4.74. The van der Waals surface area contributed by atoms with Crippen LogP contribution in [0, 0.1) is 23.0 Å². The van der Waals surface area contributed by atoms with E-state index in [-0.39, 0.29) is 23.5 Å². The van der Waals surface area contributed by atoms with Gasteiger partial charge in [0.25, 0.3) is 5.69 Å². The molecule has 0 bridgehead atoms. The predicted octanol–water partition coefficient (Wildman–Crippen LogP) is 4.98. The third-order valence-electron chi connectivity index (χ3n) is 5.70. The van der Waals surface area contributed by atoms with E-state index in [9.17, 15) is 14.9 Å². The van der Waals surface area contributed by atoms with E-state index < -0.39 is 4.92 Å². The highest BCUT2D eigenvalue weighted by atomic mass is 16.6. The van der Waals surface area contributed by atoms with Gasteiger partial charge < -0.3 is 14.2 Å². The van der Waals surface area contributed by atoms with E-state index in [1.807, 2.05) is 24.3 Å². The predicted molar refractivity (Wildman–Crippen MR) is 117 cm³/mol. The van der Waals surface area contributed by atoms with Gasteiger partial charge in [-0.15, -0.1) is 0 Å². The summed E-state index contributed by atoms with van der Waals surface area (Å²) in [5.74, 6) is 0.787. The van der Waals surface area contributed by atoms with Gasteiger partial charge in [-0.05, 0) is 49.4 Å². The lowest BCUT2D eigenvalue weighted by molar-refractivity contribution is -0.385. The van der Waals surface area contributed by atoms with E-state index in [4.69, 9.17) is 14.2 Å². The Morgan fingerprint density at radius 3 is 2.71 bits per heavy atom. The number of esters is 1. The van der Waals surface area contributed by atoms with Crippen molar-refractivity contribution in [3.05, 3.63) is 63.2 Å². The second-order valence-electron chi connectivity index (χ2n) is 7.95. The number of carbonyl (C=O) groups excluding carboxylic acids is 1. The van der Waals surface area contributed by atoms with Gasteiger partial charge in [0.05, 0.1) is 31.2 Å². The van der Waals surface area contributed by atoms with Crippen LogP contribution in [0.4, 0.5) is 5.69 Å². The molecule has 0 aromatic heterocycles. The summed E-state index contributed by atoms with van der Waals surface area (Å²) in [4.78, 5) is 23.2. The highest BCUT2D eigenvalue weighted by Crippen LogP contribution is 2.36. The summed E-state index contributed by atoms with van der Waals surface area (Å²) in [5, 5.41) is 11.2. The lowest BCUT2D eigenvalue weighted by atomic mass is 9.84. The minimum absolute atomic E-state index is 0.0302. The summed E-state index contributed by atoms with van der Waals surface area (Å²) < 4.78 is 16.8. The van der Waals surface area contributed by atoms with Crippen LogP contribution in [0.2, 0.25) is 0 Å². The highest BCUT2D eigenvalue weighted by molar-refractivity contribution is 5.74. The first-order valence-corrected chi connectivity index (χ1v) is 10.6. The van der Waals surface area contributed by atoms with Gasteiger partial charge in [0.15, 0.2) is 11.5 Å². The Balaban J connectivity index is 1.76. The van der Waals surface area contributed by atoms with Crippen LogP contribution in [0.25, 0.3) is 0 Å². The Hall–Kier alpha value is -3.09. The number of ether oxygens (including phenoxy) is 3. The minimum atomic E-state index is -0.391. The number of benzene rings is 2. The van der Waals surface area contributed by atoms with Crippen LogP contribution in [0.5, 0.6) is 11.5 Å². The number of nitro groups is 1. The molecule has 0 amide bonds. The van der Waals surface area contributed by atoms with Gasteiger partial charge in [-0.25, -0.2) is 0 Å². The van der Waals surface area contributed by atoms with E-state index in [0.29, 0.717) is 43.1 Å². The van der Waals surface area contributed by atoms with Crippen LogP contribution >= 0.6 is 0 Å². The zero-order chi connectivity index (χ0) is 22.4. The fourth-order valence-electron chi connectivity index (χ4n) is 3.86. The molecule has 2 unspecified atom stereocenters. The van der Waals surface area contributed by atoms with E-state index in [2.05, 4.69) is 6.92 Å². The Morgan fingerprint density at radius 1 is 1.19 bits per heavy atom. The number of aryl methyl sites for hydroxylation is 1. The van der Waals surface area contributed by atoms with Crippen molar-refractivity contribution < 1.29 is 23.9 Å². The average Bonchev–Trinajstić information content (AvgIpc) is 2.76. The molecule has 3 rings (SSSR count). The Morgan fingerprint density at radius 2 is 2.00 bits per heavy atom. The fourth-order valence-corrected chi connectivity index (χ4v) is 3.86. The number of carbonyl (C=O) groups is 1. The second kappa shape index (κ2) is 10.3. The number of hydrogen-bond acceptors (Lipinski definition) is 6. The fraction of sp³-hybridized carbons (Fsp3) is 0.458. The molecule has 2 aromatic rings. The molecule has 0 radical (unpaired) electrons. The first-order chi connectivity index (χ1) is 14.9. The van der Waals surface area contributed by atoms with Crippen LogP contribution in [0.15, 0.2) is 36.4 Å². The number of nitrogens with zero attached hydrogens (tertiary/aromatic N) is 1. The van der Waals surface area contributed by atoms with Gasteiger partial charge >= 0.3 is 5.97 Å². The van der Waals surface area contributed by atoms with Crippen molar-refractivity contribution in [3.8, 4) is 11.5 Å². The van der Waals surface area contributed by atoms with Gasteiger partial charge in [-0.3, -0.25) is 14.9 Å². The standard InChI is InChI=1S/C24H29NO6/c1-4-5-10-30-23-14-18(8-9-22(23)29-3)20-13-19(24(26)31-15-20)11-17-7-6-16(2)21(12-17)25(27)28/h6-9,12,14,19-20H,4-5,10-11,13,15H2,1-3H3. The number of cyclic esters (lactones) is 1. The normalized spacial score (nSPS) is 18.4. The van der Waals surface area contributed by atoms with Crippen LogP contribution in [-0.4, -0.2) is 31.2 Å². The Labute approximate surface area is 182 Å². The molecule has 31 heavy (non-hydrogen) atoms. The Bertz CT molecular complexity index is 942. The van der Waals surface area contributed by atoms with Crippen LogP contribution in [-0.2, 0) is 16.0 Å². The quantitative estimate of drug-likeness (QED) is 0.243. The van der Waals surface area contributed by atoms with Gasteiger partial charge in [-0.1, -0.05) is 31.5 Å². The van der Waals surface area contributed by atoms with Crippen LogP contribution in [0.3, 0.4) is 0 Å². The van der Waals surface area contributed by atoms with Crippen molar-refractivity contribution in [1.82, 2.24) is 0 Å². The van der Waals surface area contributed by atoms with Crippen molar-refractivity contribution in [1.29, 1.82) is 0 Å². The third kappa shape index (κ3) is 5.54. The van der Waals surface area contributed by atoms with Crippen molar-refractivity contribution in [2.45, 2.75) is 45.4 Å². The van der Waals surface area contributed by atoms with Gasteiger partial charge in [0.2, 0.25) is 0 Å². The second-order valence-corrected chi connectivity index (χ2v) is 7.95. The molecular formula is C24H29NO6. The average molecular weight is 427 g/mol. The first-order valence-electron chi connectivity index (χ1n) is 10.6. The van der Waals surface area contributed by atoms with E-state index in [1.165, 1.54) is 0 Å². The number of unbranched alkanes of at least 4 members (excludes halogenated alkanes) is 1. The maximum absolute atomic E-state index is 12.4. The molecule has 2 aromatic carbocycles. The molecule has 7 nitrogen and oxygen atoms in total. The summed E-state index contributed by atoms with van der Waals surface area (Å²) in [5.41, 5.74) is 2.46. The highest BCUT2D eigenvalue weighted by Gasteiger charge is 2.32. The zero-order valence-electron chi connectivity index (χ0n) is 18.3. The molecule has 1 saturated heterocycles. The summed E-state index contributed by atoms with van der Waals surface area (Å²) >= 11 is 0. The molecule has 0 spiro atoms. The van der Waals surface area contributed by atoms with Crippen molar-refractivity contribution in [2.75, 3.05) is 20.3 Å². The number of hydrogen-bond donors (Lipinski definition) is 0. The molecule has 0 saturated carbocycles. The van der Waals surface area contributed by atoms with Gasteiger partial charge in [0.1, 0.15) is 0 Å². The molecule has 166 valence electrons. The topological polar surface area (TPSA) is 87.9 Å². The van der Waals surface area contributed by atoms with E-state index in [1.54, 1.807) is 26.2 Å². The van der Waals surface area contributed by atoms with Gasteiger partial charge in [-0.2, -0.15) is 0 Å². The first kappa shape index (κ1) is 22.6. The Kier molecular flexibility index (Phi) is 7.50. The smallest absolute Gasteiger partial charge is 0.309 e. The number of rotatable bonds is 9. The lowest BCUT2D eigenvalue weighted by Gasteiger charge is -2.29. The molecule has 1 aliphatic heterocycles. The summed E-state index contributed by atoms with van der Waals surface area (Å²) in [6, 6.07) is 10.9. The van der Waals surface area contributed by atoms with Gasteiger partial charge in [0, 0.05) is 17.5 Å². The molecule has 0 N–H and O–H groups in total. The van der Waals surface area contributed by atoms with Crippen molar-refractivity contribution in [2.24, 2.45) is 5.92 Å². The lowest BCUT2D eigenvalue weighted by Crippen LogP contribution is -2.31. The molecule has 0 aliphatic carbocycles. The maximum atomic E-state index is 12.4. The zero-order valence-corrected chi connectivity index (χ0v) is 18.3. The maximum Gasteiger partial charge on any atom is 0.309 e. The van der Waals surface area contributed by atoms with E-state index in [0.717, 1.165) is 24.0 Å². The largest absolute Gasteiger partial charge is 0.493 e. The third-order valence-corrected chi connectivity index (χ3v) is 5.70. The van der Waals surface area contributed by atoms with E-state index >= 15 is 0 Å². The minimum Gasteiger partial charge on any atom is -0.493 e. The molecule has 1 heterocycles. The van der Waals surface area contributed by atoms with Crippen molar-refractivity contribution >= 4 is 11.7 Å². The molecule has 1 fully saturated rings. The monoisotopic (exact) mass is 427 g/mol. The number of methoxy groups -OCH3 is 1. The van der Waals surface area contributed by atoms with Crippen LogP contribution in [0.1, 0.15) is 48.8 Å².